The molecular weight excluding hydrogens is 324 g/mol. The molecule has 0 unspecified atom stereocenters. The molecule has 1 heterocycles. The number of anilines is 1. The Morgan fingerprint density at radius 2 is 1.92 bits per heavy atom. The molecule has 3 rings (SSSR count). The lowest BCUT2D eigenvalue weighted by Gasteiger charge is -2.18. The fraction of sp³-hybridized carbons (Fsp3) is 0.278. The van der Waals surface area contributed by atoms with Gasteiger partial charge in [0.05, 0.1) is 17.2 Å². The minimum atomic E-state index is -0.462. The van der Waals surface area contributed by atoms with Crippen LogP contribution in [0, 0.1) is 10.1 Å². The quantitative estimate of drug-likeness (QED) is 0.595. The number of carbonyl (C=O) groups excluding carboxylic acids is 1. The van der Waals surface area contributed by atoms with E-state index < -0.39 is 4.92 Å². The number of ether oxygens (including phenoxy) is 2. The minimum absolute atomic E-state index is 0.0268. The Labute approximate surface area is 144 Å². The lowest BCUT2D eigenvalue weighted by Crippen LogP contribution is -2.33. The molecule has 0 atom stereocenters. The number of carbonyl (C=O) groups is 1. The van der Waals surface area contributed by atoms with Crippen LogP contribution in [-0.4, -0.2) is 30.6 Å². The Kier molecular flexibility index (Phi) is 4.83. The van der Waals surface area contributed by atoms with Gasteiger partial charge in [-0.1, -0.05) is 18.2 Å². The number of fused-ring (bicyclic) bond motifs is 1. The highest BCUT2D eigenvalue weighted by Crippen LogP contribution is 2.32. The zero-order valence-electron chi connectivity index (χ0n) is 13.8. The van der Waals surface area contributed by atoms with Crippen molar-refractivity contribution < 1.29 is 19.2 Å². The third-order valence-corrected chi connectivity index (χ3v) is 3.98. The minimum Gasteiger partial charge on any atom is -0.490 e. The number of amides is 1. The first-order valence-corrected chi connectivity index (χ1v) is 8.02. The van der Waals surface area contributed by atoms with Gasteiger partial charge in [0.1, 0.15) is 0 Å². The molecular formula is C18H18N2O5. The van der Waals surface area contributed by atoms with E-state index in [9.17, 15) is 14.9 Å². The van der Waals surface area contributed by atoms with Gasteiger partial charge in [0.2, 0.25) is 0 Å². The van der Waals surface area contributed by atoms with Crippen LogP contribution in [0.5, 0.6) is 11.5 Å². The second-order valence-electron chi connectivity index (χ2n) is 5.53. The van der Waals surface area contributed by atoms with Crippen molar-refractivity contribution in [1.82, 2.24) is 0 Å². The van der Waals surface area contributed by atoms with E-state index in [-0.39, 0.29) is 18.2 Å². The van der Waals surface area contributed by atoms with Gasteiger partial charge in [0.15, 0.2) is 18.1 Å². The standard InChI is InChI=1S/C18H18N2O5/c1-2-24-16-5-3-4-6-17(16)25-12-18(21)19-10-9-13-7-8-14(20(22)23)11-15(13)19/h3-8,11H,2,9-10,12H2,1H3. The van der Waals surface area contributed by atoms with Crippen LogP contribution in [0.15, 0.2) is 42.5 Å². The average Bonchev–Trinajstić information content (AvgIpc) is 3.04. The summed E-state index contributed by atoms with van der Waals surface area (Å²) in [5.41, 5.74) is 1.48. The van der Waals surface area contributed by atoms with Crippen molar-refractivity contribution in [2.24, 2.45) is 0 Å². The van der Waals surface area contributed by atoms with Crippen molar-refractivity contribution in [3.05, 3.63) is 58.1 Å². The highest BCUT2D eigenvalue weighted by Gasteiger charge is 2.27. The zero-order valence-corrected chi connectivity index (χ0v) is 13.8. The summed E-state index contributed by atoms with van der Waals surface area (Å²) in [4.78, 5) is 24.5. The molecule has 7 heteroatoms. The van der Waals surface area contributed by atoms with Gasteiger partial charge in [0.25, 0.3) is 11.6 Å². The summed E-state index contributed by atoms with van der Waals surface area (Å²) in [6, 6.07) is 11.7. The first-order valence-electron chi connectivity index (χ1n) is 8.02. The topological polar surface area (TPSA) is 81.9 Å². The second kappa shape index (κ2) is 7.21. The lowest BCUT2D eigenvalue weighted by molar-refractivity contribution is -0.384. The Bertz CT molecular complexity index is 806. The van der Waals surface area contributed by atoms with Crippen LogP contribution < -0.4 is 14.4 Å². The monoisotopic (exact) mass is 342 g/mol. The molecule has 0 saturated heterocycles. The molecule has 0 N–H and O–H groups in total. The van der Waals surface area contributed by atoms with E-state index in [1.807, 2.05) is 13.0 Å². The molecule has 7 nitrogen and oxygen atoms in total. The van der Waals surface area contributed by atoms with Gasteiger partial charge in [-0.15, -0.1) is 0 Å². The zero-order chi connectivity index (χ0) is 17.8. The van der Waals surface area contributed by atoms with Gasteiger partial charge in [-0.05, 0) is 31.0 Å². The first-order chi connectivity index (χ1) is 12.1. The average molecular weight is 342 g/mol. The molecule has 2 aromatic rings. The molecule has 1 amide bonds. The van der Waals surface area contributed by atoms with Crippen LogP contribution >= 0.6 is 0 Å². The molecule has 0 aromatic heterocycles. The summed E-state index contributed by atoms with van der Waals surface area (Å²) in [5, 5.41) is 11.0. The van der Waals surface area contributed by atoms with E-state index in [4.69, 9.17) is 9.47 Å². The third kappa shape index (κ3) is 3.55. The lowest BCUT2D eigenvalue weighted by atomic mass is 10.1. The Hall–Kier alpha value is -3.09. The number of para-hydroxylation sites is 2. The van der Waals surface area contributed by atoms with Crippen LogP contribution in [0.2, 0.25) is 0 Å². The van der Waals surface area contributed by atoms with Crippen molar-refractivity contribution in [3.63, 3.8) is 0 Å². The van der Waals surface area contributed by atoms with Crippen molar-refractivity contribution in [1.29, 1.82) is 0 Å². The largest absolute Gasteiger partial charge is 0.490 e. The van der Waals surface area contributed by atoms with Gasteiger partial charge in [0, 0.05) is 18.7 Å². The summed E-state index contributed by atoms with van der Waals surface area (Å²) < 4.78 is 11.1. The molecule has 0 spiro atoms. The number of rotatable bonds is 6. The highest BCUT2D eigenvalue weighted by molar-refractivity contribution is 5.96. The van der Waals surface area contributed by atoms with E-state index in [1.165, 1.54) is 17.0 Å². The molecule has 0 aliphatic carbocycles. The van der Waals surface area contributed by atoms with E-state index in [1.54, 1.807) is 24.3 Å². The maximum atomic E-state index is 12.5. The second-order valence-corrected chi connectivity index (χ2v) is 5.53. The summed E-state index contributed by atoms with van der Waals surface area (Å²) in [7, 11) is 0. The SMILES string of the molecule is CCOc1ccccc1OCC(=O)N1CCc2ccc([N+](=O)[O-])cc21. The number of benzene rings is 2. The van der Waals surface area contributed by atoms with Crippen LogP contribution in [0.4, 0.5) is 11.4 Å². The van der Waals surface area contributed by atoms with Gasteiger partial charge in [-0.25, -0.2) is 0 Å². The number of hydrogen-bond acceptors (Lipinski definition) is 5. The summed E-state index contributed by atoms with van der Waals surface area (Å²) in [6.45, 7) is 2.70. The van der Waals surface area contributed by atoms with Crippen molar-refractivity contribution in [2.45, 2.75) is 13.3 Å². The summed E-state index contributed by atoms with van der Waals surface area (Å²) >= 11 is 0. The van der Waals surface area contributed by atoms with Crippen molar-refractivity contribution in [3.8, 4) is 11.5 Å². The fourth-order valence-corrected chi connectivity index (χ4v) is 2.80. The smallest absolute Gasteiger partial charge is 0.271 e. The number of nitrogens with zero attached hydrogens (tertiary/aromatic N) is 2. The van der Waals surface area contributed by atoms with Gasteiger partial charge >= 0.3 is 0 Å². The number of hydrogen-bond donors (Lipinski definition) is 0. The highest BCUT2D eigenvalue weighted by atomic mass is 16.6. The van der Waals surface area contributed by atoms with E-state index >= 15 is 0 Å². The summed E-state index contributed by atoms with van der Waals surface area (Å²) in [6.07, 6.45) is 0.675. The fourth-order valence-electron chi connectivity index (χ4n) is 2.80. The molecule has 2 aromatic carbocycles. The summed E-state index contributed by atoms with van der Waals surface area (Å²) in [5.74, 6) is 0.831. The predicted molar refractivity (Wildman–Crippen MR) is 92.3 cm³/mol. The van der Waals surface area contributed by atoms with Crippen molar-refractivity contribution >= 4 is 17.3 Å². The maximum absolute atomic E-state index is 12.5. The third-order valence-electron chi connectivity index (χ3n) is 3.98. The van der Waals surface area contributed by atoms with E-state index in [2.05, 4.69) is 0 Å². The van der Waals surface area contributed by atoms with Crippen LogP contribution in [0.25, 0.3) is 0 Å². The molecule has 130 valence electrons. The molecule has 0 radical (unpaired) electrons. The normalized spacial score (nSPS) is 12.6. The number of nitro benzene ring substituents is 1. The molecule has 0 saturated carbocycles. The first kappa shape index (κ1) is 16.8. The molecule has 0 fully saturated rings. The molecule has 25 heavy (non-hydrogen) atoms. The van der Waals surface area contributed by atoms with Gasteiger partial charge in [-0.3, -0.25) is 14.9 Å². The van der Waals surface area contributed by atoms with E-state index in [0.717, 1.165) is 5.56 Å². The number of nitro groups is 1. The Balaban J connectivity index is 1.72. The molecule has 1 aliphatic heterocycles. The van der Waals surface area contributed by atoms with Crippen LogP contribution in [0.3, 0.4) is 0 Å². The van der Waals surface area contributed by atoms with Gasteiger partial charge in [-0.2, -0.15) is 0 Å². The predicted octanol–water partition coefficient (Wildman–Crippen LogP) is 2.96. The Morgan fingerprint density at radius 1 is 1.20 bits per heavy atom. The molecule has 0 bridgehead atoms. The maximum Gasteiger partial charge on any atom is 0.271 e. The Morgan fingerprint density at radius 3 is 2.60 bits per heavy atom. The van der Waals surface area contributed by atoms with Gasteiger partial charge < -0.3 is 14.4 Å². The number of non-ortho nitro benzene ring substituents is 1. The van der Waals surface area contributed by atoms with Crippen LogP contribution in [-0.2, 0) is 11.2 Å². The van der Waals surface area contributed by atoms with E-state index in [0.29, 0.717) is 36.8 Å². The molecule has 1 aliphatic rings. The van der Waals surface area contributed by atoms with Crippen molar-refractivity contribution in [2.75, 3.05) is 24.7 Å². The van der Waals surface area contributed by atoms with Crippen LogP contribution in [0.1, 0.15) is 12.5 Å².